The highest BCUT2D eigenvalue weighted by Crippen LogP contribution is 2.26. The fourth-order valence-electron chi connectivity index (χ4n) is 3.81. The number of sulfonamides is 1. The van der Waals surface area contributed by atoms with Crippen molar-refractivity contribution in [1.29, 1.82) is 0 Å². The summed E-state index contributed by atoms with van der Waals surface area (Å²) < 4.78 is 25.0. The molecule has 1 aliphatic rings. The molecule has 0 bridgehead atoms. The van der Waals surface area contributed by atoms with Gasteiger partial charge in [0.1, 0.15) is 0 Å². The van der Waals surface area contributed by atoms with Gasteiger partial charge in [-0.3, -0.25) is 14.6 Å². The molecule has 9 heteroatoms. The molecule has 31 heavy (non-hydrogen) atoms. The number of rotatable bonds is 7. The third-order valence-electron chi connectivity index (χ3n) is 5.42. The molecule has 8 nitrogen and oxygen atoms in total. The molecule has 0 aliphatic carbocycles. The van der Waals surface area contributed by atoms with Crippen LogP contribution >= 0.6 is 0 Å². The monoisotopic (exact) mass is 444 g/mol. The Morgan fingerprint density at radius 3 is 2.65 bits per heavy atom. The maximum atomic E-state index is 13.2. The van der Waals surface area contributed by atoms with Gasteiger partial charge in [-0.2, -0.15) is 0 Å². The highest BCUT2D eigenvalue weighted by molar-refractivity contribution is 7.88. The molecule has 1 aliphatic heterocycles. The Bertz CT molecular complexity index is 1030. The third-order valence-corrected chi connectivity index (χ3v) is 6.09. The molecule has 166 valence electrons. The Hall–Kier alpha value is -2.78. The van der Waals surface area contributed by atoms with Crippen LogP contribution in [0.15, 0.2) is 48.8 Å². The molecule has 1 atom stereocenters. The first-order chi connectivity index (χ1) is 14.8. The van der Waals surface area contributed by atoms with Gasteiger partial charge in [0.25, 0.3) is 0 Å². The van der Waals surface area contributed by atoms with Gasteiger partial charge < -0.3 is 9.80 Å². The summed E-state index contributed by atoms with van der Waals surface area (Å²) in [5.74, 6) is -0.737. The summed E-state index contributed by atoms with van der Waals surface area (Å²) in [4.78, 5) is 33.4. The second-order valence-corrected chi connectivity index (χ2v) is 9.48. The normalized spacial score (nSPS) is 17.5. The van der Waals surface area contributed by atoms with Crippen LogP contribution in [-0.4, -0.2) is 74.0 Å². The average molecular weight is 445 g/mol. The number of nitrogens with zero attached hydrogens (tertiary/aromatic N) is 3. The fourth-order valence-corrected chi connectivity index (χ4v) is 4.20. The van der Waals surface area contributed by atoms with E-state index in [2.05, 4.69) is 9.71 Å². The van der Waals surface area contributed by atoms with Crippen LogP contribution in [0.1, 0.15) is 12.5 Å². The van der Waals surface area contributed by atoms with Crippen molar-refractivity contribution in [2.45, 2.75) is 13.3 Å². The minimum atomic E-state index is -3.47. The van der Waals surface area contributed by atoms with E-state index in [1.54, 1.807) is 22.2 Å². The van der Waals surface area contributed by atoms with Crippen LogP contribution in [0.3, 0.4) is 0 Å². The number of benzene rings is 1. The van der Waals surface area contributed by atoms with E-state index in [-0.39, 0.29) is 24.9 Å². The number of aromatic nitrogens is 1. The lowest BCUT2D eigenvalue weighted by Gasteiger charge is -2.24. The second kappa shape index (κ2) is 10.0. The van der Waals surface area contributed by atoms with Crippen LogP contribution < -0.4 is 4.72 Å². The number of likely N-dealkylation sites (N-methyl/N-ethyl adjacent to an activating group) is 1. The standard InChI is InChI=1S/C22H28N4O4S/c1-3-25-11-12-26(21(27)15-24-31(2,29)30)16-19(22(25)28)13-17-7-4-5-9-20(17)18-8-6-10-23-14-18/h4-10,14,19,24H,3,11-13,15-16H2,1-2H3/t19-/m1/s1. The van der Waals surface area contributed by atoms with E-state index in [4.69, 9.17) is 0 Å². The van der Waals surface area contributed by atoms with Crippen LogP contribution in [0.5, 0.6) is 0 Å². The minimum Gasteiger partial charge on any atom is -0.341 e. The van der Waals surface area contributed by atoms with Crippen molar-refractivity contribution in [3.63, 3.8) is 0 Å². The zero-order valence-electron chi connectivity index (χ0n) is 17.8. The summed E-state index contributed by atoms with van der Waals surface area (Å²) in [5, 5.41) is 0. The number of nitrogens with one attached hydrogen (secondary N) is 1. The summed E-state index contributed by atoms with van der Waals surface area (Å²) in [6.07, 6.45) is 5.00. The summed E-state index contributed by atoms with van der Waals surface area (Å²) in [6, 6.07) is 11.7. The van der Waals surface area contributed by atoms with E-state index in [1.165, 1.54) is 0 Å². The SMILES string of the molecule is CCN1CCN(C(=O)CNS(C)(=O)=O)C[C@@H](Cc2ccccc2-c2cccnc2)C1=O. The van der Waals surface area contributed by atoms with Crippen LogP contribution in [0.2, 0.25) is 0 Å². The maximum Gasteiger partial charge on any atom is 0.237 e. The van der Waals surface area contributed by atoms with E-state index in [1.807, 2.05) is 43.3 Å². The third kappa shape index (κ3) is 6.11. The molecule has 2 aromatic rings. The van der Waals surface area contributed by atoms with Gasteiger partial charge in [-0.05, 0) is 30.5 Å². The Morgan fingerprint density at radius 1 is 1.19 bits per heavy atom. The lowest BCUT2D eigenvalue weighted by Crippen LogP contribution is -2.43. The van der Waals surface area contributed by atoms with Crippen molar-refractivity contribution in [2.24, 2.45) is 5.92 Å². The Labute approximate surface area is 183 Å². The number of pyridine rings is 1. The smallest absolute Gasteiger partial charge is 0.237 e. The van der Waals surface area contributed by atoms with E-state index < -0.39 is 15.9 Å². The van der Waals surface area contributed by atoms with E-state index in [0.29, 0.717) is 26.1 Å². The van der Waals surface area contributed by atoms with Crippen molar-refractivity contribution >= 4 is 21.8 Å². The first kappa shape index (κ1) is 22.9. The lowest BCUT2D eigenvalue weighted by molar-refractivity contribution is -0.134. The van der Waals surface area contributed by atoms with Crippen LogP contribution in [0.4, 0.5) is 0 Å². The second-order valence-electron chi connectivity index (χ2n) is 7.65. The van der Waals surface area contributed by atoms with Gasteiger partial charge in [0.15, 0.2) is 0 Å². The first-order valence-corrected chi connectivity index (χ1v) is 12.2. The highest BCUT2D eigenvalue weighted by atomic mass is 32.2. The van der Waals surface area contributed by atoms with E-state index in [9.17, 15) is 18.0 Å². The lowest BCUT2D eigenvalue weighted by atomic mass is 9.91. The van der Waals surface area contributed by atoms with Crippen LogP contribution in [-0.2, 0) is 26.0 Å². The quantitative estimate of drug-likeness (QED) is 0.691. The van der Waals surface area contributed by atoms with Crippen molar-refractivity contribution in [3.05, 3.63) is 54.4 Å². The zero-order chi connectivity index (χ0) is 22.4. The van der Waals surface area contributed by atoms with Gasteiger partial charge in [-0.1, -0.05) is 30.3 Å². The highest BCUT2D eigenvalue weighted by Gasteiger charge is 2.32. The number of carbonyl (C=O) groups is 2. The Balaban J connectivity index is 1.84. The summed E-state index contributed by atoms with van der Waals surface area (Å²) in [5.41, 5.74) is 2.98. The number of carbonyl (C=O) groups excluding carboxylic acids is 2. The number of hydrogen-bond donors (Lipinski definition) is 1. The molecule has 1 aromatic heterocycles. The predicted octanol–water partition coefficient (Wildman–Crippen LogP) is 1.15. The van der Waals surface area contributed by atoms with Crippen molar-refractivity contribution in [2.75, 3.05) is 39.0 Å². The van der Waals surface area contributed by atoms with Crippen molar-refractivity contribution in [1.82, 2.24) is 19.5 Å². The first-order valence-electron chi connectivity index (χ1n) is 10.3. The van der Waals surface area contributed by atoms with Crippen LogP contribution in [0, 0.1) is 5.92 Å². The van der Waals surface area contributed by atoms with Crippen molar-refractivity contribution in [3.8, 4) is 11.1 Å². The summed E-state index contributed by atoms with van der Waals surface area (Å²) in [6.45, 7) is 3.23. The molecule has 0 unspecified atom stereocenters. The molecule has 1 saturated heterocycles. The Morgan fingerprint density at radius 2 is 1.97 bits per heavy atom. The molecule has 2 heterocycles. The molecule has 0 saturated carbocycles. The maximum absolute atomic E-state index is 13.2. The summed E-state index contributed by atoms with van der Waals surface area (Å²) >= 11 is 0. The molecule has 2 amide bonds. The number of hydrogen-bond acceptors (Lipinski definition) is 5. The molecule has 1 N–H and O–H groups in total. The molecule has 3 rings (SSSR count). The van der Waals surface area contributed by atoms with Gasteiger partial charge in [0, 0.05) is 44.1 Å². The average Bonchev–Trinajstić information content (AvgIpc) is 2.91. The fraction of sp³-hybridized carbons (Fsp3) is 0.409. The van der Waals surface area contributed by atoms with Crippen molar-refractivity contribution < 1.29 is 18.0 Å². The Kier molecular flexibility index (Phi) is 7.40. The zero-order valence-corrected chi connectivity index (χ0v) is 18.6. The molecule has 1 fully saturated rings. The summed E-state index contributed by atoms with van der Waals surface area (Å²) in [7, 11) is -3.47. The van der Waals surface area contributed by atoms with Gasteiger partial charge in [-0.25, -0.2) is 13.1 Å². The molecular formula is C22H28N4O4S. The molecule has 0 spiro atoms. The van der Waals surface area contributed by atoms with E-state index >= 15 is 0 Å². The van der Waals surface area contributed by atoms with Gasteiger partial charge in [0.05, 0.1) is 18.7 Å². The van der Waals surface area contributed by atoms with Crippen LogP contribution in [0.25, 0.3) is 11.1 Å². The molecule has 0 radical (unpaired) electrons. The largest absolute Gasteiger partial charge is 0.341 e. The molecular weight excluding hydrogens is 416 g/mol. The van der Waals surface area contributed by atoms with Gasteiger partial charge in [0.2, 0.25) is 21.8 Å². The minimum absolute atomic E-state index is 0.00913. The van der Waals surface area contributed by atoms with Gasteiger partial charge >= 0.3 is 0 Å². The predicted molar refractivity (Wildman–Crippen MR) is 119 cm³/mol. The molecule has 1 aromatic carbocycles. The topological polar surface area (TPSA) is 99.7 Å². The number of amides is 2. The van der Waals surface area contributed by atoms with E-state index in [0.717, 1.165) is 22.9 Å². The van der Waals surface area contributed by atoms with Gasteiger partial charge in [-0.15, -0.1) is 0 Å².